The molecule has 0 radical (unpaired) electrons. The summed E-state index contributed by atoms with van der Waals surface area (Å²) in [6.45, 7) is 9.36. The van der Waals surface area contributed by atoms with E-state index in [9.17, 15) is 4.79 Å². The Balaban J connectivity index is 1.80. The monoisotopic (exact) mass is 302 g/mol. The van der Waals surface area contributed by atoms with Gasteiger partial charge in [-0.25, -0.2) is 0 Å². The van der Waals surface area contributed by atoms with Gasteiger partial charge in [0, 0.05) is 24.7 Å². The van der Waals surface area contributed by atoms with Gasteiger partial charge >= 0.3 is 0 Å². The third kappa shape index (κ3) is 2.42. The molecular formula is C16H22N4O2. The minimum atomic E-state index is 0.0297. The van der Waals surface area contributed by atoms with E-state index in [1.807, 2.05) is 31.9 Å². The Morgan fingerprint density at radius 2 is 2.23 bits per heavy atom. The van der Waals surface area contributed by atoms with Crippen LogP contribution in [-0.2, 0) is 0 Å². The van der Waals surface area contributed by atoms with E-state index in [4.69, 9.17) is 4.52 Å². The zero-order valence-electron chi connectivity index (χ0n) is 13.5. The summed E-state index contributed by atoms with van der Waals surface area (Å²) >= 11 is 0. The van der Waals surface area contributed by atoms with E-state index in [0.29, 0.717) is 23.8 Å². The molecule has 1 N–H and O–H groups in total. The molecule has 1 aliphatic rings. The van der Waals surface area contributed by atoms with Gasteiger partial charge in [-0.2, -0.15) is 5.10 Å². The highest BCUT2D eigenvalue weighted by atomic mass is 16.5. The normalized spacial score (nSPS) is 18.4. The van der Waals surface area contributed by atoms with Crippen LogP contribution in [0.15, 0.2) is 10.7 Å². The first-order chi connectivity index (χ1) is 10.5. The van der Waals surface area contributed by atoms with Crippen molar-refractivity contribution in [1.29, 1.82) is 0 Å². The van der Waals surface area contributed by atoms with Gasteiger partial charge in [0.1, 0.15) is 11.3 Å². The van der Waals surface area contributed by atoms with Gasteiger partial charge in [-0.15, -0.1) is 0 Å². The van der Waals surface area contributed by atoms with Crippen LogP contribution in [0.4, 0.5) is 0 Å². The molecule has 1 amide bonds. The molecule has 1 saturated heterocycles. The lowest BCUT2D eigenvalue weighted by Gasteiger charge is -2.17. The van der Waals surface area contributed by atoms with Gasteiger partial charge in [0.25, 0.3) is 5.91 Å². The summed E-state index contributed by atoms with van der Waals surface area (Å²) in [7, 11) is 0. The van der Waals surface area contributed by atoms with E-state index >= 15 is 0 Å². The summed E-state index contributed by atoms with van der Waals surface area (Å²) in [5.74, 6) is 1.13. The average Bonchev–Trinajstić information content (AvgIpc) is 3.16. The number of carbonyl (C=O) groups is 1. The number of aromatic nitrogens is 3. The number of aryl methyl sites for hydroxylation is 2. The lowest BCUT2D eigenvalue weighted by Crippen LogP contribution is -2.29. The van der Waals surface area contributed by atoms with Crippen molar-refractivity contribution in [3.05, 3.63) is 34.5 Å². The second-order valence-corrected chi connectivity index (χ2v) is 6.36. The Labute approximate surface area is 129 Å². The number of likely N-dealkylation sites (tertiary alicyclic amines) is 1. The molecule has 0 bridgehead atoms. The van der Waals surface area contributed by atoms with Crippen LogP contribution in [0.2, 0.25) is 0 Å². The molecular weight excluding hydrogens is 280 g/mol. The van der Waals surface area contributed by atoms with Crippen LogP contribution in [0, 0.1) is 13.8 Å². The smallest absolute Gasteiger partial charge is 0.259 e. The molecule has 1 fully saturated rings. The molecule has 22 heavy (non-hydrogen) atoms. The van der Waals surface area contributed by atoms with Gasteiger partial charge < -0.3 is 9.42 Å². The van der Waals surface area contributed by atoms with E-state index in [1.54, 1.807) is 6.92 Å². The maximum Gasteiger partial charge on any atom is 0.259 e. The first-order valence-electron chi connectivity index (χ1n) is 7.74. The fourth-order valence-electron chi connectivity index (χ4n) is 3.15. The number of hydrogen-bond donors (Lipinski definition) is 1. The average molecular weight is 302 g/mol. The summed E-state index contributed by atoms with van der Waals surface area (Å²) in [5.41, 5.74) is 3.69. The molecule has 3 rings (SSSR count). The fraction of sp³-hybridized carbons (Fsp3) is 0.562. The van der Waals surface area contributed by atoms with Gasteiger partial charge in [-0.1, -0.05) is 19.0 Å². The van der Waals surface area contributed by atoms with Crippen LogP contribution in [-0.4, -0.2) is 39.3 Å². The number of aromatic amines is 1. The molecule has 0 aliphatic carbocycles. The first-order valence-corrected chi connectivity index (χ1v) is 7.74. The molecule has 118 valence electrons. The Bertz CT molecular complexity index is 686. The minimum absolute atomic E-state index is 0.0297. The quantitative estimate of drug-likeness (QED) is 0.946. The van der Waals surface area contributed by atoms with E-state index in [1.165, 1.54) is 0 Å². The second kappa shape index (κ2) is 5.59. The molecule has 1 atom stereocenters. The standard InChI is InChI=1S/C16H22N4O2/c1-9(2)14-13(11(4)22-19-14)16(21)20-6-5-12(8-20)15-10(3)7-17-18-15/h7,9,12H,5-6,8H2,1-4H3,(H,17,18)/t12-/m1/s1. The van der Waals surface area contributed by atoms with Crippen LogP contribution in [0.25, 0.3) is 0 Å². The number of carbonyl (C=O) groups excluding carboxylic acids is 1. The lowest BCUT2D eigenvalue weighted by molar-refractivity contribution is 0.0787. The zero-order valence-corrected chi connectivity index (χ0v) is 13.5. The Kier molecular flexibility index (Phi) is 3.76. The number of nitrogens with zero attached hydrogens (tertiary/aromatic N) is 3. The molecule has 2 aromatic rings. The summed E-state index contributed by atoms with van der Waals surface area (Å²) in [6.07, 6.45) is 2.79. The Morgan fingerprint density at radius 3 is 2.86 bits per heavy atom. The molecule has 6 heteroatoms. The third-order valence-electron chi connectivity index (χ3n) is 4.40. The highest BCUT2D eigenvalue weighted by Gasteiger charge is 2.33. The summed E-state index contributed by atoms with van der Waals surface area (Å²) in [6, 6.07) is 0. The molecule has 2 aromatic heterocycles. The van der Waals surface area contributed by atoms with Gasteiger partial charge in [0.15, 0.2) is 0 Å². The number of amides is 1. The maximum absolute atomic E-state index is 12.9. The molecule has 0 spiro atoms. The Hall–Kier alpha value is -2.11. The highest BCUT2D eigenvalue weighted by Crippen LogP contribution is 2.30. The fourth-order valence-corrected chi connectivity index (χ4v) is 3.15. The Morgan fingerprint density at radius 1 is 1.45 bits per heavy atom. The summed E-state index contributed by atoms with van der Waals surface area (Å²) in [4.78, 5) is 14.8. The van der Waals surface area contributed by atoms with E-state index in [2.05, 4.69) is 15.4 Å². The number of H-pyrrole nitrogens is 1. The van der Waals surface area contributed by atoms with Crippen LogP contribution in [0.1, 0.15) is 65.2 Å². The molecule has 6 nitrogen and oxygen atoms in total. The van der Waals surface area contributed by atoms with Crippen molar-refractivity contribution < 1.29 is 9.32 Å². The molecule has 1 aliphatic heterocycles. The first kappa shape index (κ1) is 14.8. The van der Waals surface area contributed by atoms with Gasteiger partial charge in [0.05, 0.1) is 11.9 Å². The van der Waals surface area contributed by atoms with Gasteiger partial charge in [-0.05, 0) is 31.7 Å². The van der Waals surface area contributed by atoms with E-state index in [0.717, 1.165) is 29.9 Å². The van der Waals surface area contributed by atoms with Gasteiger partial charge in [-0.3, -0.25) is 9.89 Å². The van der Waals surface area contributed by atoms with Crippen molar-refractivity contribution in [3.63, 3.8) is 0 Å². The maximum atomic E-state index is 12.9. The van der Waals surface area contributed by atoms with Gasteiger partial charge in [0.2, 0.25) is 0 Å². The summed E-state index contributed by atoms with van der Waals surface area (Å²) in [5, 5.41) is 11.2. The van der Waals surface area contributed by atoms with Crippen LogP contribution in [0.3, 0.4) is 0 Å². The lowest BCUT2D eigenvalue weighted by atomic mass is 10.0. The minimum Gasteiger partial charge on any atom is -0.361 e. The predicted octanol–water partition coefficient (Wildman–Crippen LogP) is 2.77. The zero-order chi connectivity index (χ0) is 15.9. The third-order valence-corrected chi connectivity index (χ3v) is 4.40. The van der Waals surface area contributed by atoms with Crippen molar-refractivity contribution in [3.8, 4) is 0 Å². The van der Waals surface area contributed by atoms with Crippen molar-refractivity contribution in [2.75, 3.05) is 13.1 Å². The second-order valence-electron chi connectivity index (χ2n) is 6.36. The SMILES string of the molecule is Cc1cn[nH]c1[C@@H]1CCN(C(=O)c2c(C(C)C)noc2C)C1. The predicted molar refractivity (Wildman–Crippen MR) is 81.9 cm³/mol. The largest absolute Gasteiger partial charge is 0.361 e. The van der Waals surface area contributed by atoms with E-state index in [-0.39, 0.29) is 11.8 Å². The van der Waals surface area contributed by atoms with Crippen molar-refractivity contribution in [2.24, 2.45) is 0 Å². The number of nitrogens with one attached hydrogen (secondary N) is 1. The van der Waals surface area contributed by atoms with Crippen LogP contribution >= 0.6 is 0 Å². The summed E-state index contributed by atoms with van der Waals surface area (Å²) < 4.78 is 5.24. The van der Waals surface area contributed by atoms with Crippen molar-refractivity contribution in [1.82, 2.24) is 20.3 Å². The van der Waals surface area contributed by atoms with Crippen LogP contribution < -0.4 is 0 Å². The number of hydrogen-bond acceptors (Lipinski definition) is 4. The number of rotatable bonds is 3. The van der Waals surface area contributed by atoms with E-state index < -0.39 is 0 Å². The van der Waals surface area contributed by atoms with Crippen molar-refractivity contribution >= 4 is 5.91 Å². The van der Waals surface area contributed by atoms with Crippen LogP contribution in [0.5, 0.6) is 0 Å². The highest BCUT2D eigenvalue weighted by molar-refractivity contribution is 5.96. The molecule has 0 unspecified atom stereocenters. The molecule has 0 aromatic carbocycles. The van der Waals surface area contributed by atoms with Crippen molar-refractivity contribution in [2.45, 2.75) is 46.0 Å². The molecule has 3 heterocycles. The topological polar surface area (TPSA) is 75.0 Å². The molecule has 0 saturated carbocycles.